The summed E-state index contributed by atoms with van der Waals surface area (Å²) < 4.78 is 0. The topological polar surface area (TPSA) is 40.5 Å². The highest BCUT2D eigenvalue weighted by Gasteiger charge is 1.96. The predicted octanol–water partition coefficient (Wildman–Crippen LogP) is 1.86. The summed E-state index contributed by atoms with van der Waals surface area (Å²) in [7, 11) is 0. The Kier molecular flexibility index (Phi) is 6.10. The maximum Gasteiger partial charge on any atom is 0.0525 e. The van der Waals surface area contributed by atoms with Crippen molar-refractivity contribution in [1.82, 2.24) is 0 Å². The van der Waals surface area contributed by atoms with Gasteiger partial charge in [0.15, 0.2) is 0 Å². The number of hydrogen-bond acceptors (Lipinski definition) is 4. The minimum atomic E-state index is 0.207. The van der Waals surface area contributed by atoms with E-state index in [9.17, 15) is 0 Å². The minimum Gasteiger partial charge on any atom is -0.396 e. The standard InChI is InChI=1S/C10H14O2S2/c11-4-6-13-9-2-1-3-10(8-9)14-7-5-12/h1-3,8,11-12H,4-7H2. The lowest BCUT2D eigenvalue weighted by Gasteiger charge is -2.03. The van der Waals surface area contributed by atoms with E-state index in [2.05, 4.69) is 6.07 Å². The van der Waals surface area contributed by atoms with E-state index in [0.717, 1.165) is 11.5 Å². The van der Waals surface area contributed by atoms with Crippen LogP contribution in [0.2, 0.25) is 0 Å². The van der Waals surface area contributed by atoms with E-state index in [4.69, 9.17) is 10.2 Å². The highest BCUT2D eigenvalue weighted by Crippen LogP contribution is 2.24. The molecule has 2 nitrogen and oxygen atoms in total. The van der Waals surface area contributed by atoms with Crippen molar-refractivity contribution in [2.24, 2.45) is 0 Å². The molecule has 0 spiro atoms. The molecule has 1 aromatic carbocycles. The molecule has 0 radical (unpaired) electrons. The molecule has 78 valence electrons. The third kappa shape index (κ3) is 4.37. The van der Waals surface area contributed by atoms with Crippen LogP contribution in [0.4, 0.5) is 0 Å². The number of thioether (sulfide) groups is 2. The van der Waals surface area contributed by atoms with Crippen LogP contribution in [0.3, 0.4) is 0 Å². The van der Waals surface area contributed by atoms with Gasteiger partial charge in [-0.15, -0.1) is 23.5 Å². The van der Waals surface area contributed by atoms with E-state index < -0.39 is 0 Å². The van der Waals surface area contributed by atoms with Crippen LogP contribution in [-0.2, 0) is 0 Å². The average molecular weight is 230 g/mol. The molecule has 2 N–H and O–H groups in total. The van der Waals surface area contributed by atoms with Crippen molar-refractivity contribution >= 4 is 23.5 Å². The minimum absolute atomic E-state index is 0.207. The van der Waals surface area contributed by atoms with Crippen LogP contribution in [0.25, 0.3) is 0 Å². The van der Waals surface area contributed by atoms with Gasteiger partial charge in [0, 0.05) is 21.3 Å². The lowest BCUT2D eigenvalue weighted by Crippen LogP contribution is -1.87. The molecule has 0 saturated carbocycles. The molecule has 0 bridgehead atoms. The molecule has 0 fully saturated rings. The second-order valence-corrected chi connectivity index (χ2v) is 4.96. The maximum atomic E-state index is 8.68. The van der Waals surface area contributed by atoms with Gasteiger partial charge in [0.25, 0.3) is 0 Å². The summed E-state index contributed by atoms with van der Waals surface area (Å²) in [5, 5.41) is 17.4. The van der Waals surface area contributed by atoms with E-state index in [1.54, 1.807) is 23.5 Å². The van der Waals surface area contributed by atoms with Crippen molar-refractivity contribution in [3.05, 3.63) is 24.3 Å². The Balaban J connectivity index is 2.50. The van der Waals surface area contributed by atoms with Gasteiger partial charge in [0.2, 0.25) is 0 Å². The number of aliphatic hydroxyl groups is 2. The Hall–Kier alpha value is -0.160. The molecular weight excluding hydrogens is 216 g/mol. The Bertz CT molecular complexity index is 243. The fourth-order valence-electron chi connectivity index (χ4n) is 0.981. The molecule has 0 aliphatic rings. The Labute approximate surface area is 92.7 Å². The van der Waals surface area contributed by atoms with Crippen LogP contribution in [0, 0.1) is 0 Å². The van der Waals surface area contributed by atoms with Crippen LogP contribution < -0.4 is 0 Å². The van der Waals surface area contributed by atoms with Gasteiger partial charge in [-0.25, -0.2) is 0 Å². The molecule has 1 rings (SSSR count). The van der Waals surface area contributed by atoms with E-state index >= 15 is 0 Å². The number of rotatable bonds is 6. The first-order valence-electron chi connectivity index (χ1n) is 4.44. The molecule has 0 saturated heterocycles. The van der Waals surface area contributed by atoms with Crippen molar-refractivity contribution in [2.75, 3.05) is 24.7 Å². The third-order valence-electron chi connectivity index (χ3n) is 1.53. The summed E-state index contributed by atoms with van der Waals surface area (Å²) in [5.41, 5.74) is 0. The Morgan fingerprint density at radius 1 is 0.929 bits per heavy atom. The summed E-state index contributed by atoms with van der Waals surface area (Å²) in [6, 6.07) is 8.15. The molecule has 0 unspecified atom stereocenters. The quantitative estimate of drug-likeness (QED) is 0.732. The van der Waals surface area contributed by atoms with E-state index in [0.29, 0.717) is 0 Å². The van der Waals surface area contributed by atoms with E-state index in [-0.39, 0.29) is 13.2 Å². The summed E-state index contributed by atoms with van der Waals surface area (Å²) in [4.78, 5) is 2.34. The van der Waals surface area contributed by atoms with Crippen LogP contribution in [0.15, 0.2) is 34.1 Å². The summed E-state index contributed by atoms with van der Waals surface area (Å²) in [5.74, 6) is 1.46. The van der Waals surface area contributed by atoms with Crippen molar-refractivity contribution in [1.29, 1.82) is 0 Å². The first-order chi connectivity index (χ1) is 6.86. The molecule has 1 aromatic rings. The number of benzene rings is 1. The van der Waals surface area contributed by atoms with E-state index in [1.807, 2.05) is 18.2 Å². The fourth-order valence-corrected chi connectivity index (χ4v) is 2.48. The number of hydrogen-bond donors (Lipinski definition) is 2. The van der Waals surface area contributed by atoms with Gasteiger partial charge in [-0.05, 0) is 18.2 Å². The zero-order valence-electron chi connectivity index (χ0n) is 7.85. The highest BCUT2D eigenvalue weighted by atomic mass is 32.2. The first kappa shape index (κ1) is 11.9. The van der Waals surface area contributed by atoms with Gasteiger partial charge in [0.05, 0.1) is 13.2 Å². The van der Waals surface area contributed by atoms with Crippen LogP contribution in [0.5, 0.6) is 0 Å². The van der Waals surface area contributed by atoms with Crippen molar-refractivity contribution in [3.8, 4) is 0 Å². The molecule has 0 aliphatic heterocycles. The van der Waals surface area contributed by atoms with Gasteiger partial charge in [-0.1, -0.05) is 6.07 Å². The third-order valence-corrected chi connectivity index (χ3v) is 3.47. The largest absolute Gasteiger partial charge is 0.396 e. The lowest BCUT2D eigenvalue weighted by atomic mass is 10.4. The van der Waals surface area contributed by atoms with Crippen molar-refractivity contribution in [3.63, 3.8) is 0 Å². The van der Waals surface area contributed by atoms with Gasteiger partial charge in [-0.3, -0.25) is 0 Å². The molecule has 14 heavy (non-hydrogen) atoms. The molecule has 0 amide bonds. The zero-order valence-corrected chi connectivity index (χ0v) is 9.48. The van der Waals surface area contributed by atoms with Gasteiger partial charge in [-0.2, -0.15) is 0 Å². The molecule has 0 aromatic heterocycles. The second kappa shape index (κ2) is 7.17. The second-order valence-electron chi connectivity index (χ2n) is 2.62. The monoisotopic (exact) mass is 230 g/mol. The van der Waals surface area contributed by atoms with Gasteiger partial charge in [0.1, 0.15) is 0 Å². The molecule has 4 heteroatoms. The van der Waals surface area contributed by atoms with Crippen LogP contribution in [-0.4, -0.2) is 34.9 Å². The first-order valence-corrected chi connectivity index (χ1v) is 6.41. The molecular formula is C10H14O2S2. The summed E-state index contributed by atoms with van der Waals surface area (Å²) in [6.45, 7) is 0.414. The Morgan fingerprint density at radius 3 is 1.86 bits per heavy atom. The summed E-state index contributed by atoms with van der Waals surface area (Å²) in [6.07, 6.45) is 0. The molecule has 0 aliphatic carbocycles. The SMILES string of the molecule is OCCSc1cccc(SCCO)c1. The van der Waals surface area contributed by atoms with Gasteiger partial charge < -0.3 is 10.2 Å². The predicted molar refractivity (Wildman–Crippen MR) is 62.1 cm³/mol. The van der Waals surface area contributed by atoms with Crippen molar-refractivity contribution < 1.29 is 10.2 Å². The number of aliphatic hydroxyl groups excluding tert-OH is 2. The van der Waals surface area contributed by atoms with Gasteiger partial charge >= 0.3 is 0 Å². The fraction of sp³-hybridized carbons (Fsp3) is 0.400. The lowest BCUT2D eigenvalue weighted by molar-refractivity contribution is 0.322. The van der Waals surface area contributed by atoms with Crippen molar-refractivity contribution in [2.45, 2.75) is 9.79 Å². The van der Waals surface area contributed by atoms with E-state index in [1.165, 1.54) is 9.79 Å². The molecule has 0 atom stereocenters. The average Bonchev–Trinajstić information content (AvgIpc) is 2.24. The van der Waals surface area contributed by atoms with Crippen LogP contribution >= 0.6 is 23.5 Å². The Morgan fingerprint density at radius 2 is 1.43 bits per heavy atom. The highest BCUT2D eigenvalue weighted by molar-refractivity contribution is 8.00. The summed E-state index contributed by atoms with van der Waals surface area (Å²) >= 11 is 3.28. The van der Waals surface area contributed by atoms with Crippen LogP contribution in [0.1, 0.15) is 0 Å². The zero-order chi connectivity index (χ0) is 10.2. The maximum absolute atomic E-state index is 8.68. The normalized spacial score (nSPS) is 10.4. The smallest absolute Gasteiger partial charge is 0.0525 e. The molecule has 0 heterocycles.